The van der Waals surface area contributed by atoms with Crippen molar-refractivity contribution in [3.8, 4) is 0 Å². The van der Waals surface area contributed by atoms with Gasteiger partial charge in [0.1, 0.15) is 0 Å². The third-order valence-electron chi connectivity index (χ3n) is 2.75. The lowest BCUT2D eigenvalue weighted by atomic mass is 10.0. The highest BCUT2D eigenvalue weighted by Gasteiger charge is 2.15. The first-order chi connectivity index (χ1) is 8.27. The maximum Gasteiger partial charge on any atom is 0.0541 e. The number of hydrogen-bond acceptors (Lipinski definition) is 3. The molecule has 0 saturated carbocycles. The Hall–Kier alpha value is -1.19. The molecule has 2 rings (SSSR count). The van der Waals surface area contributed by atoms with Crippen molar-refractivity contribution >= 4 is 11.3 Å². The van der Waals surface area contributed by atoms with Crippen LogP contribution in [0.1, 0.15) is 30.5 Å². The SMILES string of the molecule is CC(C)C(NCc1ccccn1)c1cccs1. The minimum atomic E-state index is 0.414. The van der Waals surface area contributed by atoms with E-state index in [0.717, 1.165) is 12.2 Å². The zero-order valence-corrected chi connectivity index (χ0v) is 11.1. The van der Waals surface area contributed by atoms with Crippen LogP contribution in [0.15, 0.2) is 41.9 Å². The predicted octanol–water partition coefficient (Wildman–Crippen LogP) is 3.63. The Morgan fingerprint density at radius 2 is 2.12 bits per heavy atom. The fraction of sp³-hybridized carbons (Fsp3) is 0.357. The largest absolute Gasteiger partial charge is 0.303 e. The third-order valence-corrected chi connectivity index (χ3v) is 3.70. The molecule has 0 fully saturated rings. The third kappa shape index (κ3) is 3.38. The van der Waals surface area contributed by atoms with Gasteiger partial charge < -0.3 is 5.32 Å². The van der Waals surface area contributed by atoms with Gasteiger partial charge in [-0.25, -0.2) is 0 Å². The highest BCUT2D eigenvalue weighted by Crippen LogP contribution is 2.25. The van der Waals surface area contributed by atoms with Crippen molar-refractivity contribution in [2.24, 2.45) is 5.92 Å². The molecule has 1 atom stereocenters. The summed E-state index contributed by atoms with van der Waals surface area (Å²) in [6.07, 6.45) is 1.84. The van der Waals surface area contributed by atoms with Crippen LogP contribution in [0.2, 0.25) is 0 Å². The molecule has 2 aromatic rings. The summed E-state index contributed by atoms with van der Waals surface area (Å²) in [5.74, 6) is 0.581. The molecule has 2 nitrogen and oxygen atoms in total. The Labute approximate surface area is 107 Å². The summed E-state index contributed by atoms with van der Waals surface area (Å²) < 4.78 is 0. The molecule has 0 aliphatic carbocycles. The van der Waals surface area contributed by atoms with Gasteiger partial charge in [0.2, 0.25) is 0 Å². The molecule has 3 heteroatoms. The van der Waals surface area contributed by atoms with Crippen LogP contribution in [-0.2, 0) is 6.54 Å². The standard InChI is InChI=1S/C14H18N2S/c1-11(2)14(13-7-5-9-17-13)16-10-12-6-3-4-8-15-12/h3-9,11,14,16H,10H2,1-2H3. The molecule has 0 amide bonds. The van der Waals surface area contributed by atoms with Crippen molar-refractivity contribution in [2.75, 3.05) is 0 Å². The quantitative estimate of drug-likeness (QED) is 0.871. The van der Waals surface area contributed by atoms with Crippen molar-refractivity contribution in [1.82, 2.24) is 10.3 Å². The molecular weight excluding hydrogens is 228 g/mol. The first-order valence-electron chi connectivity index (χ1n) is 5.94. The van der Waals surface area contributed by atoms with E-state index >= 15 is 0 Å². The van der Waals surface area contributed by atoms with E-state index in [2.05, 4.69) is 47.7 Å². The van der Waals surface area contributed by atoms with E-state index in [4.69, 9.17) is 0 Å². The average Bonchev–Trinajstić information content (AvgIpc) is 2.84. The lowest BCUT2D eigenvalue weighted by Crippen LogP contribution is -2.24. The monoisotopic (exact) mass is 246 g/mol. The van der Waals surface area contributed by atoms with Crippen molar-refractivity contribution in [3.63, 3.8) is 0 Å². The van der Waals surface area contributed by atoms with Gasteiger partial charge in [-0.3, -0.25) is 4.98 Å². The number of nitrogens with zero attached hydrogens (tertiary/aromatic N) is 1. The van der Waals surface area contributed by atoms with Crippen LogP contribution < -0.4 is 5.32 Å². The van der Waals surface area contributed by atoms with Gasteiger partial charge in [-0.2, -0.15) is 0 Å². The Morgan fingerprint density at radius 3 is 2.71 bits per heavy atom. The second-order valence-corrected chi connectivity index (χ2v) is 5.42. The fourth-order valence-corrected chi connectivity index (χ4v) is 2.82. The minimum Gasteiger partial charge on any atom is -0.303 e. The number of hydrogen-bond donors (Lipinski definition) is 1. The Morgan fingerprint density at radius 1 is 1.24 bits per heavy atom. The summed E-state index contributed by atoms with van der Waals surface area (Å²) in [5, 5.41) is 5.72. The first-order valence-corrected chi connectivity index (χ1v) is 6.82. The van der Waals surface area contributed by atoms with Crippen LogP contribution in [0.25, 0.3) is 0 Å². The molecule has 0 aliphatic heterocycles. The van der Waals surface area contributed by atoms with Crippen LogP contribution in [0.5, 0.6) is 0 Å². The maximum atomic E-state index is 4.33. The Balaban J connectivity index is 2.00. The lowest BCUT2D eigenvalue weighted by Gasteiger charge is -2.21. The zero-order valence-electron chi connectivity index (χ0n) is 10.3. The summed E-state index contributed by atoms with van der Waals surface area (Å²) in [6.45, 7) is 5.31. The average molecular weight is 246 g/mol. The summed E-state index contributed by atoms with van der Waals surface area (Å²) >= 11 is 1.81. The van der Waals surface area contributed by atoms with Gasteiger partial charge in [-0.1, -0.05) is 26.0 Å². The Kier molecular flexibility index (Phi) is 4.29. The van der Waals surface area contributed by atoms with E-state index < -0.39 is 0 Å². The van der Waals surface area contributed by atoms with Gasteiger partial charge in [0.05, 0.1) is 5.69 Å². The summed E-state index contributed by atoms with van der Waals surface area (Å²) in [6, 6.07) is 10.7. The van der Waals surface area contributed by atoms with Gasteiger partial charge in [-0.15, -0.1) is 11.3 Å². The second-order valence-electron chi connectivity index (χ2n) is 4.44. The minimum absolute atomic E-state index is 0.414. The topological polar surface area (TPSA) is 24.9 Å². The zero-order chi connectivity index (χ0) is 12.1. The highest BCUT2D eigenvalue weighted by atomic mass is 32.1. The molecule has 2 heterocycles. The molecule has 1 N–H and O–H groups in total. The molecule has 0 spiro atoms. The van der Waals surface area contributed by atoms with Crippen LogP contribution in [-0.4, -0.2) is 4.98 Å². The normalized spacial score (nSPS) is 12.9. The van der Waals surface area contributed by atoms with Crippen molar-refractivity contribution in [2.45, 2.75) is 26.4 Å². The molecule has 2 aromatic heterocycles. The van der Waals surface area contributed by atoms with Crippen LogP contribution in [0.3, 0.4) is 0 Å². The molecule has 1 unspecified atom stereocenters. The molecule has 0 aliphatic rings. The van der Waals surface area contributed by atoms with Crippen LogP contribution in [0.4, 0.5) is 0 Å². The summed E-state index contributed by atoms with van der Waals surface area (Å²) in [4.78, 5) is 5.73. The predicted molar refractivity (Wildman–Crippen MR) is 73.0 cm³/mol. The van der Waals surface area contributed by atoms with Crippen LogP contribution >= 0.6 is 11.3 Å². The number of rotatable bonds is 5. The molecule has 0 aromatic carbocycles. The van der Waals surface area contributed by atoms with Crippen molar-refractivity contribution < 1.29 is 0 Å². The first kappa shape index (κ1) is 12.3. The molecule has 0 bridgehead atoms. The maximum absolute atomic E-state index is 4.33. The second kappa shape index (κ2) is 5.94. The van der Waals surface area contributed by atoms with Crippen molar-refractivity contribution in [1.29, 1.82) is 0 Å². The molecule has 90 valence electrons. The van der Waals surface area contributed by atoms with E-state index in [-0.39, 0.29) is 0 Å². The molecule has 0 saturated heterocycles. The van der Waals surface area contributed by atoms with Gasteiger partial charge in [0.25, 0.3) is 0 Å². The Bertz CT molecular complexity index is 423. The van der Waals surface area contributed by atoms with Gasteiger partial charge in [0.15, 0.2) is 0 Å². The van der Waals surface area contributed by atoms with E-state index in [1.54, 1.807) is 0 Å². The highest BCUT2D eigenvalue weighted by molar-refractivity contribution is 7.10. The number of pyridine rings is 1. The number of nitrogens with one attached hydrogen (secondary N) is 1. The van der Waals surface area contributed by atoms with E-state index in [1.165, 1.54) is 4.88 Å². The van der Waals surface area contributed by atoms with Crippen LogP contribution in [0, 0.1) is 5.92 Å². The van der Waals surface area contributed by atoms with E-state index in [1.807, 2.05) is 29.7 Å². The van der Waals surface area contributed by atoms with Gasteiger partial charge in [-0.05, 0) is 29.5 Å². The molecular formula is C14H18N2S. The van der Waals surface area contributed by atoms with Crippen molar-refractivity contribution in [3.05, 3.63) is 52.5 Å². The fourth-order valence-electron chi connectivity index (χ4n) is 1.85. The summed E-state index contributed by atoms with van der Waals surface area (Å²) in [5.41, 5.74) is 1.09. The van der Waals surface area contributed by atoms with Gasteiger partial charge in [0, 0.05) is 23.7 Å². The molecule has 0 radical (unpaired) electrons. The van der Waals surface area contributed by atoms with E-state index in [9.17, 15) is 0 Å². The number of thiophene rings is 1. The number of aromatic nitrogens is 1. The molecule has 17 heavy (non-hydrogen) atoms. The van der Waals surface area contributed by atoms with E-state index in [0.29, 0.717) is 12.0 Å². The smallest absolute Gasteiger partial charge is 0.0541 e. The van der Waals surface area contributed by atoms with Gasteiger partial charge >= 0.3 is 0 Å². The summed E-state index contributed by atoms with van der Waals surface area (Å²) in [7, 11) is 0. The lowest BCUT2D eigenvalue weighted by molar-refractivity contribution is 0.414.